The maximum Gasteiger partial charge on any atom is 0.466 e. The van der Waals surface area contributed by atoms with Gasteiger partial charge in [-0.3, -0.25) is 0 Å². The maximum absolute atomic E-state index is 8.88. The third-order valence-corrected chi connectivity index (χ3v) is 5.84. The zero-order valence-corrected chi connectivity index (χ0v) is 22.7. The van der Waals surface area contributed by atoms with Crippen LogP contribution in [0.25, 0.3) is 0 Å². The van der Waals surface area contributed by atoms with E-state index in [4.69, 9.17) is 19.2 Å². The van der Waals surface area contributed by atoms with E-state index in [1.807, 2.05) is 0 Å². The highest BCUT2D eigenvalue weighted by atomic mass is 31.2. The average Bonchev–Trinajstić information content (AvgIpc) is 2.70. The first-order valence-corrected chi connectivity index (χ1v) is 15.3. The molecule has 0 atom stereocenters. The van der Waals surface area contributed by atoms with Gasteiger partial charge in [-0.25, -0.2) is 4.57 Å². The molecule has 0 aromatic rings. The van der Waals surface area contributed by atoms with Gasteiger partial charge in [-0.05, 0) is 31.8 Å². The Kier molecular flexibility index (Phi) is 29.2. The highest BCUT2D eigenvalue weighted by Crippen LogP contribution is 2.25. The normalized spacial score (nSPS) is 11.6. The molecule has 0 saturated carbocycles. The second kappa shape index (κ2) is 27.3. The topological polar surface area (TPSA) is 89.8 Å². The van der Waals surface area contributed by atoms with Gasteiger partial charge in [0.05, 0.1) is 0 Å². The Hall–Kier alpha value is 0.0700. The summed E-state index contributed by atoms with van der Waals surface area (Å²) in [6.45, 7) is 9.43. The molecule has 0 aromatic heterocycles. The van der Waals surface area contributed by atoms with Gasteiger partial charge < -0.3 is 20.0 Å². The van der Waals surface area contributed by atoms with Crippen LogP contribution >= 0.6 is 7.82 Å². The van der Waals surface area contributed by atoms with Crippen molar-refractivity contribution in [2.75, 3.05) is 13.1 Å². The van der Waals surface area contributed by atoms with Crippen LogP contribution in [0, 0.1) is 5.92 Å². The summed E-state index contributed by atoms with van der Waals surface area (Å²) in [5, 5.41) is 3.62. The minimum atomic E-state index is -4.64. The van der Waals surface area contributed by atoms with E-state index in [1.54, 1.807) is 0 Å². The summed E-state index contributed by atoms with van der Waals surface area (Å²) in [7, 11) is -4.64. The summed E-state index contributed by atoms with van der Waals surface area (Å²) in [6.07, 6.45) is 28.9. The van der Waals surface area contributed by atoms with Gasteiger partial charge in [-0.15, -0.1) is 0 Å². The number of nitrogens with one attached hydrogen (secondary N) is 1. The zero-order valence-electron chi connectivity index (χ0n) is 21.8. The van der Waals surface area contributed by atoms with E-state index in [0.29, 0.717) is 0 Å². The molecule has 6 heteroatoms. The van der Waals surface area contributed by atoms with Crippen LogP contribution in [0.4, 0.5) is 0 Å². The summed E-state index contributed by atoms with van der Waals surface area (Å²) in [4.78, 5) is 21.6. The summed E-state index contributed by atoms with van der Waals surface area (Å²) in [5.41, 5.74) is 0. The second-order valence-electron chi connectivity index (χ2n) is 9.81. The first-order chi connectivity index (χ1) is 15.3. The van der Waals surface area contributed by atoms with Crippen molar-refractivity contribution in [3.63, 3.8) is 0 Å². The Morgan fingerprint density at radius 3 is 1.16 bits per heavy atom. The molecule has 196 valence electrons. The number of hydrogen-bond acceptors (Lipinski definition) is 2. The highest BCUT2D eigenvalue weighted by molar-refractivity contribution is 7.45. The van der Waals surface area contributed by atoms with Crippen molar-refractivity contribution in [3.05, 3.63) is 0 Å². The molecular formula is C26H58NO4P. The number of phosphoric acid groups is 1. The molecule has 0 spiro atoms. The fourth-order valence-electron chi connectivity index (χ4n) is 3.90. The zero-order chi connectivity index (χ0) is 24.3. The van der Waals surface area contributed by atoms with E-state index < -0.39 is 7.82 Å². The lowest BCUT2D eigenvalue weighted by molar-refractivity contribution is 0.275. The Morgan fingerprint density at radius 1 is 0.562 bits per heavy atom. The fourth-order valence-corrected chi connectivity index (χ4v) is 3.90. The molecule has 0 aliphatic heterocycles. The number of rotatable bonds is 23. The van der Waals surface area contributed by atoms with E-state index >= 15 is 0 Å². The lowest BCUT2D eigenvalue weighted by atomic mass is 10.0. The molecule has 0 rings (SSSR count). The summed E-state index contributed by atoms with van der Waals surface area (Å²) < 4.78 is 8.88. The number of hydrogen-bond donors (Lipinski definition) is 4. The minimum Gasteiger partial charge on any atom is -0.317 e. The predicted molar refractivity (Wildman–Crippen MR) is 140 cm³/mol. The third-order valence-electron chi connectivity index (χ3n) is 5.84. The van der Waals surface area contributed by atoms with Gasteiger partial charge in [0.2, 0.25) is 0 Å². The molecular weight excluding hydrogens is 421 g/mol. The van der Waals surface area contributed by atoms with Crippen LogP contribution in [0.1, 0.15) is 149 Å². The van der Waals surface area contributed by atoms with Crippen LogP contribution < -0.4 is 5.32 Å². The largest absolute Gasteiger partial charge is 0.466 e. The van der Waals surface area contributed by atoms with Crippen LogP contribution in [0.2, 0.25) is 0 Å². The first-order valence-electron chi connectivity index (χ1n) is 13.8. The minimum absolute atomic E-state index is 0.878. The lowest BCUT2D eigenvalue weighted by Crippen LogP contribution is -2.16. The molecule has 0 radical (unpaired) electrons. The monoisotopic (exact) mass is 479 g/mol. The van der Waals surface area contributed by atoms with E-state index in [9.17, 15) is 0 Å². The van der Waals surface area contributed by atoms with Crippen molar-refractivity contribution in [1.29, 1.82) is 0 Å². The van der Waals surface area contributed by atoms with Gasteiger partial charge >= 0.3 is 7.82 Å². The van der Waals surface area contributed by atoms with Gasteiger partial charge in [-0.1, -0.05) is 136 Å². The SMILES string of the molecule is CCCCCCCCCCCCCCCCCCNCCCCCC(C)C.O=P(O)(O)O. The van der Waals surface area contributed by atoms with Crippen molar-refractivity contribution >= 4 is 7.82 Å². The van der Waals surface area contributed by atoms with Crippen molar-refractivity contribution in [1.82, 2.24) is 5.32 Å². The van der Waals surface area contributed by atoms with Gasteiger partial charge in [-0.2, -0.15) is 0 Å². The number of unbranched alkanes of at least 4 members (excludes halogenated alkanes) is 17. The molecule has 0 amide bonds. The summed E-state index contributed by atoms with van der Waals surface area (Å²) >= 11 is 0. The van der Waals surface area contributed by atoms with Gasteiger partial charge in [0.1, 0.15) is 0 Å². The average molecular weight is 480 g/mol. The molecule has 0 aliphatic carbocycles. The molecule has 4 N–H and O–H groups in total. The Morgan fingerprint density at radius 2 is 0.844 bits per heavy atom. The van der Waals surface area contributed by atoms with E-state index in [1.165, 1.54) is 142 Å². The molecule has 0 bridgehead atoms. The quantitative estimate of drug-likeness (QED) is 0.0877. The predicted octanol–water partition coefficient (Wildman–Crippen LogP) is 8.13. The Labute approximate surface area is 200 Å². The van der Waals surface area contributed by atoms with E-state index in [2.05, 4.69) is 26.1 Å². The third kappa shape index (κ3) is 43.9. The van der Waals surface area contributed by atoms with E-state index in [-0.39, 0.29) is 0 Å². The molecule has 0 heterocycles. The van der Waals surface area contributed by atoms with Crippen LogP contribution in [-0.4, -0.2) is 27.8 Å². The van der Waals surface area contributed by atoms with Crippen LogP contribution in [0.5, 0.6) is 0 Å². The second-order valence-corrected chi connectivity index (χ2v) is 10.8. The van der Waals surface area contributed by atoms with Crippen LogP contribution in [0.15, 0.2) is 0 Å². The standard InChI is InChI=1S/C26H55N.H3O4P/c1-4-5-6-7-8-9-10-11-12-13-14-15-16-17-18-21-24-27-25-22-19-20-23-26(2)3;1-5(2,3)4/h26-27H,4-25H2,1-3H3;(H3,1,2,3,4). The maximum atomic E-state index is 8.88. The van der Waals surface area contributed by atoms with Crippen molar-refractivity contribution in [2.45, 2.75) is 149 Å². The Bertz CT molecular complexity index is 380. The lowest BCUT2D eigenvalue weighted by Gasteiger charge is -2.06. The first kappa shape index (κ1) is 34.2. The van der Waals surface area contributed by atoms with Crippen molar-refractivity contribution in [2.24, 2.45) is 5.92 Å². The van der Waals surface area contributed by atoms with Crippen molar-refractivity contribution < 1.29 is 19.2 Å². The van der Waals surface area contributed by atoms with Gasteiger partial charge in [0.25, 0.3) is 0 Å². The molecule has 0 fully saturated rings. The molecule has 5 nitrogen and oxygen atoms in total. The molecule has 32 heavy (non-hydrogen) atoms. The summed E-state index contributed by atoms with van der Waals surface area (Å²) in [6, 6.07) is 0. The van der Waals surface area contributed by atoms with Crippen LogP contribution in [-0.2, 0) is 4.57 Å². The smallest absolute Gasteiger partial charge is 0.317 e. The molecule has 0 aliphatic rings. The molecule has 0 unspecified atom stereocenters. The van der Waals surface area contributed by atoms with Gasteiger partial charge in [0, 0.05) is 0 Å². The molecule has 0 saturated heterocycles. The van der Waals surface area contributed by atoms with Crippen LogP contribution in [0.3, 0.4) is 0 Å². The van der Waals surface area contributed by atoms with E-state index in [0.717, 1.165) is 5.92 Å². The Balaban J connectivity index is 0. The molecule has 0 aromatic carbocycles. The van der Waals surface area contributed by atoms with Crippen molar-refractivity contribution in [3.8, 4) is 0 Å². The highest BCUT2D eigenvalue weighted by Gasteiger charge is 2.00. The fraction of sp³-hybridized carbons (Fsp3) is 1.00. The summed E-state index contributed by atoms with van der Waals surface area (Å²) in [5.74, 6) is 0.878. The van der Waals surface area contributed by atoms with Gasteiger partial charge in [0.15, 0.2) is 0 Å².